The summed E-state index contributed by atoms with van der Waals surface area (Å²) in [5.74, 6) is -1.52. The van der Waals surface area contributed by atoms with Crippen LogP contribution in [0.4, 0.5) is 0 Å². The van der Waals surface area contributed by atoms with Crippen molar-refractivity contribution in [2.24, 2.45) is 0 Å². The van der Waals surface area contributed by atoms with E-state index in [2.05, 4.69) is 11.9 Å². The van der Waals surface area contributed by atoms with E-state index < -0.39 is 12.0 Å². The number of carbonyl (C=O) groups is 2. The summed E-state index contributed by atoms with van der Waals surface area (Å²) in [5, 5.41) is 11.4. The molecule has 0 aliphatic carbocycles. The molecule has 1 amide bonds. The number of carbonyl (C=O) groups excluding carboxylic acids is 1. The number of hydrogen-bond acceptors (Lipinski definition) is 4. The van der Waals surface area contributed by atoms with Gasteiger partial charge in [-0.25, -0.2) is 4.79 Å². The van der Waals surface area contributed by atoms with Crippen LogP contribution in [0.5, 0.6) is 0 Å². The smallest absolute Gasteiger partial charge is 0.328 e. The molecule has 1 unspecified atom stereocenters. The molecule has 2 N–H and O–H groups in total. The van der Waals surface area contributed by atoms with Gasteiger partial charge in [-0.3, -0.25) is 4.79 Å². The zero-order valence-corrected chi connectivity index (χ0v) is 11.7. The van der Waals surface area contributed by atoms with Crippen LogP contribution in [0.1, 0.15) is 4.88 Å². The first-order valence-corrected chi connectivity index (χ1v) is 6.67. The van der Waals surface area contributed by atoms with Gasteiger partial charge >= 0.3 is 5.97 Å². The average molecular weight is 304 g/mol. The van der Waals surface area contributed by atoms with Gasteiger partial charge in [0.05, 0.1) is 24.0 Å². The Morgan fingerprint density at radius 3 is 2.84 bits per heavy atom. The summed E-state index contributed by atoms with van der Waals surface area (Å²) < 4.78 is 5.62. The molecule has 1 aromatic heterocycles. The highest BCUT2D eigenvalue weighted by atomic mass is 35.5. The molecule has 0 fully saturated rings. The van der Waals surface area contributed by atoms with Crippen LogP contribution >= 0.6 is 22.9 Å². The van der Waals surface area contributed by atoms with E-state index in [1.807, 2.05) is 0 Å². The Hall–Kier alpha value is -1.37. The molecule has 7 heteroatoms. The molecule has 0 radical (unpaired) electrons. The van der Waals surface area contributed by atoms with Crippen LogP contribution in [-0.2, 0) is 20.7 Å². The summed E-state index contributed by atoms with van der Waals surface area (Å²) in [7, 11) is 0. The number of rotatable bonds is 8. The summed E-state index contributed by atoms with van der Waals surface area (Å²) in [4.78, 5) is 23.4. The molecule has 0 spiro atoms. The summed E-state index contributed by atoms with van der Waals surface area (Å²) in [6.45, 7) is 3.59. The van der Waals surface area contributed by atoms with Crippen LogP contribution in [0.3, 0.4) is 0 Å². The predicted octanol–water partition coefficient (Wildman–Crippen LogP) is 1.72. The number of ether oxygens (including phenoxy) is 1. The second-order valence-electron chi connectivity index (χ2n) is 3.67. The van der Waals surface area contributed by atoms with E-state index in [0.717, 1.165) is 4.88 Å². The van der Waals surface area contributed by atoms with Gasteiger partial charge in [0.25, 0.3) is 0 Å². The van der Waals surface area contributed by atoms with E-state index in [1.165, 1.54) is 17.4 Å². The van der Waals surface area contributed by atoms with Crippen LogP contribution in [0.15, 0.2) is 24.8 Å². The Kier molecular flexibility index (Phi) is 6.55. The van der Waals surface area contributed by atoms with Crippen molar-refractivity contribution in [3.05, 3.63) is 34.0 Å². The standard InChI is InChI=1S/C12H14ClNO4S/c1-2-5-18-7-9(12(16)17)14-11(15)6-8-3-4-10(13)19-8/h2-4,9H,1,5-7H2,(H,14,15)(H,16,17). The third-order valence-electron chi connectivity index (χ3n) is 2.12. The second-order valence-corrected chi connectivity index (χ2v) is 5.47. The zero-order valence-electron chi connectivity index (χ0n) is 10.1. The lowest BCUT2D eigenvalue weighted by atomic mass is 10.2. The van der Waals surface area contributed by atoms with Crippen molar-refractivity contribution in [3.8, 4) is 0 Å². The van der Waals surface area contributed by atoms with Gasteiger partial charge in [0.2, 0.25) is 5.91 Å². The molecule has 1 rings (SSSR count). The van der Waals surface area contributed by atoms with E-state index in [-0.39, 0.29) is 25.5 Å². The third-order valence-corrected chi connectivity index (χ3v) is 3.35. The van der Waals surface area contributed by atoms with Crippen molar-refractivity contribution >= 4 is 34.8 Å². The number of thiophene rings is 1. The number of nitrogens with one attached hydrogen (secondary N) is 1. The lowest BCUT2D eigenvalue weighted by molar-refractivity contribution is -0.143. The molecule has 0 saturated carbocycles. The maximum atomic E-state index is 11.7. The normalized spacial score (nSPS) is 11.8. The monoisotopic (exact) mass is 303 g/mol. The molecule has 0 saturated heterocycles. The minimum absolute atomic E-state index is 0.0989. The lowest BCUT2D eigenvalue weighted by Crippen LogP contribution is -2.44. The molecule has 0 aromatic carbocycles. The minimum atomic E-state index is -1.14. The summed E-state index contributed by atoms with van der Waals surface area (Å²) in [6.07, 6.45) is 1.61. The molecule has 1 atom stereocenters. The summed E-state index contributed by atoms with van der Waals surface area (Å²) in [5.41, 5.74) is 0. The van der Waals surface area contributed by atoms with Crippen LogP contribution in [0.25, 0.3) is 0 Å². The first-order chi connectivity index (χ1) is 9.02. The van der Waals surface area contributed by atoms with Gasteiger partial charge in [-0.1, -0.05) is 17.7 Å². The maximum Gasteiger partial charge on any atom is 0.328 e. The number of carboxylic acid groups (broad SMARTS) is 1. The maximum absolute atomic E-state index is 11.7. The Balaban J connectivity index is 2.46. The number of hydrogen-bond donors (Lipinski definition) is 2. The quantitative estimate of drug-likeness (QED) is 0.566. The molecule has 104 valence electrons. The summed E-state index contributed by atoms with van der Waals surface area (Å²) in [6, 6.07) is 2.36. The molecule has 5 nitrogen and oxygen atoms in total. The Bertz CT molecular complexity index is 460. The molecule has 19 heavy (non-hydrogen) atoms. The van der Waals surface area contributed by atoms with E-state index in [9.17, 15) is 9.59 Å². The number of halogens is 1. The second kappa shape index (κ2) is 7.93. The molecule has 0 bridgehead atoms. The third kappa shape index (κ3) is 5.87. The van der Waals surface area contributed by atoms with E-state index in [0.29, 0.717) is 4.34 Å². The van der Waals surface area contributed by atoms with Crippen molar-refractivity contribution in [2.45, 2.75) is 12.5 Å². The predicted molar refractivity (Wildman–Crippen MR) is 73.6 cm³/mol. The molecule has 1 heterocycles. The topological polar surface area (TPSA) is 75.6 Å². The van der Waals surface area contributed by atoms with E-state index in [4.69, 9.17) is 21.4 Å². The lowest BCUT2D eigenvalue weighted by Gasteiger charge is -2.13. The highest BCUT2D eigenvalue weighted by Gasteiger charge is 2.20. The number of aliphatic carboxylic acids is 1. The van der Waals surface area contributed by atoms with Gasteiger partial charge in [-0.15, -0.1) is 17.9 Å². The Labute approximate surface area is 119 Å². The number of amides is 1. The fraction of sp³-hybridized carbons (Fsp3) is 0.333. The molecular formula is C12H14ClNO4S. The van der Waals surface area contributed by atoms with Crippen molar-refractivity contribution in [1.82, 2.24) is 5.32 Å². The van der Waals surface area contributed by atoms with Gasteiger partial charge < -0.3 is 15.2 Å². The van der Waals surface area contributed by atoms with Gasteiger partial charge in [-0.05, 0) is 12.1 Å². The fourth-order valence-corrected chi connectivity index (χ4v) is 2.38. The SMILES string of the molecule is C=CCOCC(NC(=O)Cc1ccc(Cl)s1)C(=O)O. The van der Waals surface area contributed by atoms with Gasteiger partial charge in [0.1, 0.15) is 0 Å². The molecule has 0 aliphatic rings. The first kappa shape index (κ1) is 15.7. The average Bonchev–Trinajstić information content (AvgIpc) is 2.73. The zero-order chi connectivity index (χ0) is 14.3. The van der Waals surface area contributed by atoms with Crippen LogP contribution < -0.4 is 5.32 Å². The Morgan fingerprint density at radius 2 is 2.32 bits per heavy atom. The number of carboxylic acids is 1. The van der Waals surface area contributed by atoms with E-state index in [1.54, 1.807) is 12.1 Å². The Morgan fingerprint density at radius 1 is 1.58 bits per heavy atom. The van der Waals surface area contributed by atoms with Gasteiger partial charge in [0, 0.05) is 4.88 Å². The summed E-state index contributed by atoms with van der Waals surface area (Å²) >= 11 is 7.03. The van der Waals surface area contributed by atoms with Crippen LogP contribution in [-0.4, -0.2) is 36.2 Å². The van der Waals surface area contributed by atoms with Crippen LogP contribution in [0, 0.1) is 0 Å². The molecular weight excluding hydrogens is 290 g/mol. The molecule has 0 aliphatic heterocycles. The minimum Gasteiger partial charge on any atom is -0.480 e. The van der Waals surface area contributed by atoms with Crippen molar-refractivity contribution < 1.29 is 19.4 Å². The van der Waals surface area contributed by atoms with Crippen LogP contribution in [0.2, 0.25) is 4.34 Å². The highest BCUT2D eigenvalue weighted by Crippen LogP contribution is 2.21. The van der Waals surface area contributed by atoms with Crippen molar-refractivity contribution in [2.75, 3.05) is 13.2 Å². The molecule has 1 aromatic rings. The first-order valence-electron chi connectivity index (χ1n) is 5.48. The van der Waals surface area contributed by atoms with Crippen molar-refractivity contribution in [3.63, 3.8) is 0 Å². The fourth-order valence-electron chi connectivity index (χ4n) is 1.29. The van der Waals surface area contributed by atoms with Gasteiger partial charge in [-0.2, -0.15) is 0 Å². The highest BCUT2D eigenvalue weighted by molar-refractivity contribution is 7.16. The largest absolute Gasteiger partial charge is 0.480 e. The van der Waals surface area contributed by atoms with Crippen molar-refractivity contribution in [1.29, 1.82) is 0 Å². The van der Waals surface area contributed by atoms with Gasteiger partial charge in [0.15, 0.2) is 6.04 Å². The van der Waals surface area contributed by atoms with E-state index >= 15 is 0 Å².